The Hall–Kier alpha value is -1.92. The number of aromatic nitrogens is 2. The van der Waals surface area contributed by atoms with Gasteiger partial charge in [0.15, 0.2) is 0 Å². The summed E-state index contributed by atoms with van der Waals surface area (Å²) in [4.78, 5) is 5.52. The van der Waals surface area contributed by atoms with Crippen molar-refractivity contribution >= 4 is 39.7 Å². The Kier molecular flexibility index (Phi) is 5.19. The number of thiophene rings is 1. The fourth-order valence-corrected chi connectivity index (χ4v) is 4.75. The zero-order valence-corrected chi connectivity index (χ0v) is 16.5. The SMILES string of the molecule is Cc1c(C2CC=CCC2)n(C(F)F)c2c(NCc3cccs3)cc(Cl)nc12. The lowest BCUT2D eigenvalue weighted by molar-refractivity contribution is 0.0709. The van der Waals surface area contributed by atoms with E-state index in [1.807, 2.05) is 24.4 Å². The summed E-state index contributed by atoms with van der Waals surface area (Å²) in [5.74, 6) is 0.0714. The van der Waals surface area contributed by atoms with E-state index in [1.54, 1.807) is 17.4 Å². The quantitative estimate of drug-likeness (QED) is 0.368. The van der Waals surface area contributed by atoms with Crippen LogP contribution in [0.5, 0.6) is 0 Å². The van der Waals surface area contributed by atoms with Crippen LogP contribution in [0.1, 0.15) is 47.9 Å². The van der Waals surface area contributed by atoms with E-state index in [4.69, 9.17) is 11.6 Å². The number of alkyl halides is 2. The molecular formula is C20H20ClF2N3S. The van der Waals surface area contributed by atoms with Crippen LogP contribution in [0.15, 0.2) is 35.7 Å². The lowest BCUT2D eigenvalue weighted by Crippen LogP contribution is -2.12. The molecule has 0 radical (unpaired) electrons. The molecule has 0 saturated heterocycles. The number of allylic oxidation sites excluding steroid dienone is 2. The van der Waals surface area contributed by atoms with E-state index in [0.29, 0.717) is 34.1 Å². The second-order valence-corrected chi connectivity index (χ2v) is 8.18. The van der Waals surface area contributed by atoms with Crippen molar-refractivity contribution in [3.05, 3.63) is 57.0 Å². The predicted octanol–water partition coefficient (Wildman–Crippen LogP) is 6.89. The first-order valence-corrected chi connectivity index (χ1v) is 10.2. The molecule has 7 heteroatoms. The number of anilines is 1. The normalized spacial score (nSPS) is 17.1. The fraction of sp³-hybridized carbons (Fsp3) is 0.350. The number of aryl methyl sites for hydroxylation is 1. The Balaban J connectivity index is 1.86. The monoisotopic (exact) mass is 407 g/mol. The zero-order valence-electron chi connectivity index (χ0n) is 14.9. The Morgan fingerprint density at radius 2 is 2.26 bits per heavy atom. The number of hydrogen-bond acceptors (Lipinski definition) is 3. The van der Waals surface area contributed by atoms with E-state index >= 15 is 0 Å². The molecule has 1 aliphatic rings. The molecule has 1 unspecified atom stereocenters. The van der Waals surface area contributed by atoms with E-state index < -0.39 is 6.55 Å². The van der Waals surface area contributed by atoms with Crippen molar-refractivity contribution in [2.24, 2.45) is 0 Å². The van der Waals surface area contributed by atoms with Crippen LogP contribution in [0, 0.1) is 6.92 Å². The van der Waals surface area contributed by atoms with Gasteiger partial charge < -0.3 is 5.32 Å². The molecule has 3 aromatic heterocycles. The standard InChI is InChI=1S/C20H20ClF2N3S/c1-12-17-19(26(20(22)23)18(12)13-6-3-2-4-7-13)15(10-16(21)25-17)24-11-14-8-5-9-27-14/h2-3,5,8-10,13,20H,4,6-7,11H2,1H3,(H,24,25). The summed E-state index contributed by atoms with van der Waals surface area (Å²) in [6.45, 7) is -0.198. The molecule has 142 valence electrons. The number of nitrogens with one attached hydrogen (secondary N) is 1. The number of rotatable bonds is 5. The Morgan fingerprint density at radius 3 is 2.93 bits per heavy atom. The minimum Gasteiger partial charge on any atom is -0.378 e. The van der Waals surface area contributed by atoms with Gasteiger partial charge in [-0.15, -0.1) is 11.3 Å². The van der Waals surface area contributed by atoms with Crippen molar-refractivity contribution in [3.63, 3.8) is 0 Å². The molecule has 27 heavy (non-hydrogen) atoms. The maximum atomic E-state index is 14.2. The van der Waals surface area contributed by atoms with Gasteiger partial charge in [-0.1, -0.05) is 29.8 Å². The Labute approximate surface area is 165 Å². The van der Waals surface area contributed by atoms with Crippen LogP contribution in [-0.2, 0) is 6.54 Å². The van der Waals surface area contributed by atoms with Gasteiger partial charge in [0.1, 0.15) is 5.15 Å². The van der Waals surface area contributed by atoms with Gasteiger partial charge in [-0.3, -0.25) is 4.57 Å². The summed E-state index contributed by atoms with van der Waals surface area (Å²) < 4.78 is 29.5. The van der Waals surface area contributed by atoms with Crippen LogP contribution in [0.3, 0.4) is 0 Å². The van der Waals surface area contributed by atoms with Gasteiger partial charge in [0.25, 0.3) is 0 Å². The summed E-state index contributed by atoms with van der Waals surface area (Å²) in [6.07, 6.45) is 6.75. The molecule has 3 heterocycles. The molecule has 3 nitrogen and oxygen atoms in total. The first-order chi connectivity index (χ1) is 13.1. The molecule has 1 aliphatic carbocycles. The highest BCUT2D eigenvalue weighted by atomic mass is 35.5. The molecule has 0 aromatic carbocycles. The van der Waals surface area contributed by atoms with Gasteiger partial charge in [-0.25, -0.2) is 4.98 Å². The molecule has 0 aliphatic heterocycles. The summed E-state index contributed by atoms with van der Waals surface area (Å²) in [5, 5.41) is 5.59. The van der Waals surface area contributed by atoms with Crippen LogP contribution in [0.2, 0.25) is 5.15 Å². The van der Waals surface area contributed by atoms with Crippen molar-refractivity contribution < 1.29 is 8.78 Å². The molecule has 0 fully saturated rings. The highest BCUT2D eigenvalue weighted by molar-refractivity contribution is 7.09. The van der Waals surface area contributed by atoms with Gasteiger partial charge in [0.05, 0.1) is 16.7 Å². The number of halogens is 3. The highest BCUT2D eigenvalue weighted by Gasteiger charge is 2.28. The van der Waals surface area contributed by atoms with Crippen molar-refractivity contribution in [2.45, 2.75) is 45.2 Å². The number of hydrogen-bond donors (Lipinski definition) is 1. The molecule has 0 amide bonds. The minimum atomic E-state index is -2.63. The molecule has 0 spiro atoms. The summed E-state index contributed by atoms with van der Waals surface area (Å²) in [5.41, 5.74) is 3.07. The summed E-state index contributed by atoms with van der Waals surface area (Å²) >= 11 is 7.85. The van der Waals surface area contributed by atoms with Gasteiger partial charge in [-0.05, 0) is 43.2 Å². The first kappa shape index (κ1) is 18.4. The van der Waals surface area contributed by atoms with E-state index in [0.717, 1.165) is 34.3 Å². The maximum Gasteiger partial charge on any atom is 0.319 e. The van der Waals surface area contributed by atoms with Crippen molar-refractivity contribution in [1.29, 1.82) is 0 Å². The molecule has 4 rings (SSSR count). The Bertz CT molecular complexity index is 979. The third-order valence-electron chi connectivity index (χ3n) is 5.09. The van der Waals surface area contributed by atoms with Crippen LogP contribution in [0.4, 0.5) is 14.5 Å². The largest absolute Gasteiger partial charge is 0.378 e. The average Bonchev–Trinajstić information content (AvgIpc) is 3.27. The summed E-state index contributed by atoms with van der Waals surface area (Å²) in [7, 11) is 0. The van der Waals surface area contributed by atoms with Crippen molar-refractivity contribution in [1.82, 2.24) is 9.55 Å². The van der Waals surface area contributed by atoms with Gasteiger partial charge in [0, 0.05) is 29.1 Å². The molecular weight excluding hydrogens is 388 g/mol. The van der Waals surface area contributed by atoms with Gasteiger partial charge >= 0.3 is 6.55 Å². The van der Waals surface area contributed by atoms with E-state index in [2.05, 4.69) is 22.5 Å². The second kappa shape index (κ2) is 7.60. The van der Waals surface area contributed by atoms with Gasteiger partial charge in [0.2, 0.25) is 0 Å². The summed E-state index contributed by atoms with van der Waals surface area (Å²) in [6, 6.07) is 5.62. The smallest absolute Gasteiger partial charge is 0.319 e. The van der Waals surface area contributed by atoms with Crippen LogP contribution in [-0.4, -0.2) is 9.55 Å². The van der Waals surface area contributed by atoms with Crippen LogP contribution in [0.25, 0.3) is 11.0 Å². The maximum absolute atomic E-state index is 14.2. The number of pyridine rings is 1. The third kappa shape index (κ3) is 3.48. The zero-order chi connectivity index (χ0) is 19.0. The first-order valence-electron chi connectivity index (χ1n) is 8.96. The number of nitrogens with zero attached hydrogens (tertiary/aromatic N) is 2. The van der Waals surface area contributed by atoms with E-state index in [9.17, 15) is 8.78 Å². The van der Waals surface area contributed by atoms with Crippen molar-refractivity contribution in [3.8, 4) is 0 Å². The average molecular weight is 408 g/mol. The van der Waals surface area contributed by atoms with Crippen LogP contribution >= 0.6 is 22.9 Å². The molecule has 1 N–H and O–H groups in total. The number of fused-ring (bicyclic) bond motifs is 1. The molecule has 0 bridgehead atoms. The predicted molar refractivity (Wildman–Crippen MR) is 108 cm³/mol. The second-order valence-electron chi connectivity index (χ2n) is 6.76. The molecule has 0 saturated carbocycles. The minimum absolute atomic E-state index is 0.0714. The van der Waals surface area contributed by atoms with E-state index in [1.165, 1.54) is 0 Å². The molecule has 3 aromatic rings. The Morgan fingerprint density at radius 1 is 1.41 bits per heavy atom. The lowest BCUT2D eigenvalue weighted by atomic mass is 9.89. The van der Waals surface area contributed by atoms with Crippen LogP contribution < -0.4 is 5.32 Å². The fourth-order valence-electron chi connectivity index (χ4n) is 3.91. The van der Waals surface area contributed by atoms with E-state index in [-0.39, 0.29) is 5.92 Å². The lowest BCUT2D eigenvalue weighted by Gasteiger charge is -2.22. The van der Waals surface area contributed by atoms with Crippen molar-refractivity contribution in [2.75, 3.05) is 5.32 Å². The third-order valence-corrected chi connectivity index (χ3v) is 6.16. The topological polar surface area (TPSA) is 29.9 Å². The molecule has 1 atom stereocenters. The highest BCUT2D eigenvalue weighted by Crippen LogP contribution is 2.41. The van der Waals surface area contributed by atoms with Gasteiger partial charge in [-0.2, -0.15) is 8.78 Å².